The summed E-state index contributed by atoms with van der Waals surface area (Å²) < 4.78 is 0. The summed E-state index contributed by atoms with van der Waals surface area (Å²) in [7, 11) is 0. The molecule has 1 saturated carbocycles. The van der Waals surface area contributed by atoms with E-state index in [-0.39, 0.29) is 6.03 Å². The molecule has 102 valence electrons. The van der Waals surface area contributed by atoms with E-state index in [1.165, 1.54) is 6.42 Å². The van der Waals surface area contributed by atoms with Crippen molar-refractivity contribution in [3.05, 3.63) is 18.5 Å². The Morgan fingerprint density at radius 3 is 2.42 bits per heavy atom. The lowest BCUT2D eigenvalue weighted by Crippen LogP contribution is -2.54. The van der Waals surface area contributed by atoms with Crippen LogP contribution in [0.1, 0.15) is 19.3 Å². The number of carbonyl (C=O) groups excluding carboxylic acids is 1. The number of aromatic nitrogens is 2. The van der Waals surface area contributed by atoms with Gasteiger partial charge in [0.05, 0.1) is 0 Å². The fourth-order valence-corrected chi connectivity index (χ4v) is 2.38. The van der Waals surface area contributed by atoms with Gasteiger partial charge in [-0.1, -0.05) is 0 Å². The third-order valence-electron chi connectivity index (χ3n) is 3.83. The van der Waals surface area contributed by atoms with Gasteiger partial charge in [0.25, 0.3) is 0 Å². The van der Waals surface area contributed by atoms with Crippen LogP contribution in [0.15, 0.2) is 18.5 Å². The van der Waals surface area contributed by atoms with Gasteiger partial charge < -0.3 is 15.1 Å². The number of piperazine rings is 1. The SMILES string of the molecule is O=C(NC1CCC1)N1CCN(c2ncccn2)CC1. The second-order valence-electron chi connectivity index (χ2n) is 5.10. The van der Waals surface area contributed by atoms with Crippen molar-refractivity contribution >= 4 is 12.0 Å². The van der Waals surface area contributed by atoms with Gasteiger partial charge in [0.1, 0.15) is 0 Å². The number of amides is 2. The van der Waals surface area contributed by atoms with Gasteiger partial charge in [-0.2, -0.15) is 0 Å². The molecule has 0 spiro atoms. The monoisotopic (exact) mass is 261 g/mol. The van der Waals surface area contributed by atoms with Gasteiger partial charge in [-0.3, -0.25) is 0 Å². The minimum absolute atomic E-state index is 0.0818. The Labute approximate surface area is 112 Å². The molecule has 0 atom stereocenters. The summed E-state index contributed by atoms with van der Waals surface area (Å²) in [5, 5.41) is 3.08. The van der Waals surface area contributed by atoms with Crippen molar-refractivity contribution in [3.8, 4) is 0 Å². The van der Waals surface area contributed by atoms with Crippen LogP contribution in [0.2, 0.25) is 0 Å². The van der Waals surface area contributed by atoms with Gasteiger partial charge in [-0.15, -0.1) is 0 Å². The van der Waals surface area contributed by atoms with E-state index < -0.39 is 0 Å². The van der Waals surface area contributed by atoms with Gasteiger partial charge in [0, 0.05) is 44.6 Å². The number of rotatable bonds is 2. The Hall–Kier alpha value is -1.85. The Morgan fingerprint density at radius 2 is 1.84 bits per heavy atom. The molecular formula is C13H19N5O. The highest BCUT2D eigenvalue weighted by molar-refractivity contribution is 5.75. The van der Waals surface area contributed by atoms with Crippen molar-refractivity contribution < 1.29 is 4.79 Å². The predicted octanol–water partition coefficient (Wildman–Crippen LogP) is 0.861. The number of nitrogens with zero attached hydrogens (tertiary/aromatic N) is 4. The Balaban J connectivity index is 1.50. The maximum atomic E-state index is 12.0. The Kier molecular flexibility index (Phi) is 3.48. The van der Waals surface area contributed by atoms with E-state index in [4.69, 9.17) is 0 Å². The second kappa shape index (κ2) is 5.42. The summed E-state index contributed by atoms with van der Waals surface area (Å²) in [4.78, 5) is 24.5. The van der Waals surface area contributed by atoms with Crippen LogP contribution >= 0.6 is 0 Å². The predicted molar refractivity (Wildman–Crippen MR) is 72.0 cm³/mol. The van der Waals surface area contributed by atoms with E-state index in [2.05, 4.69) is 20.2 Å². The van der Waals surface area contributed by atoms with Crippen molar-refractivity contribution in [2.45, 2.75) is 25.3 Å². The smallest absolute Gasteiger partial charge is 0.317 e. The van der Waals surface area contributed by atoms with Crippen LogP contribution in [0.25, 0.3) is 0 Å². The minimum Gasteiger partial charge on any atom is -0.337 e. The summed E-state index contributed by atoms with van der Waals surface area (Å²) in [6.07, 6.45) is 6.99. The molecule has 1 aliphatic carbocycles. The molecule has 1 N–H and O–H groups in total. The van der Waals surface area contributed by atoms with Crippen molar-refractivity contribution in [1.82, 2.24) is 20.2 Å². The zero-order valence-corrected chi connectivity index (χ0v) is 11.0. The number of nitrogens with one attached hydrogen (secondary N) is 1. The molecule has 6 nitrogen and oxygen atoms in total. The highest BCUT2D eigenvalue weighted by Gasteiger charge is 2.25. The first-order valence-electron chi connectivity index (χ1n) is 6.90. The normalized spacial score (nSPS) is 20.0. The zero-order valence-electron chi connectivity index (χ0n) is 11.0. The number of anilines is 1. The third kappa shape index (κ3) is 2.77. The van der Waals surface area contributed by atoms with Crippen LogP contribution in [0.4, 0.5) is 10.7 Å². The summed E-state index contributed by atoms with van der Waals surface area (Å²) >= 11 is 0. The first kappa shape index (κ1) is 12.2. The molecule has 1 saturated heterocycles. The van der Waals surface area contributed by atoms with E-state index in [1.54, 1.807) is 12.4 Å². The van der Waals surface area contributed by atoms with Crippen LogP contribution in [0, 0.1) is 0 Å². The minimum atomic E-state index is 0.0818. The average Bonchev–Trinajstić information content (AvgIpc) is 2.44. The molecule has 2 fully saturated rings. The molecule has 1 aliphatic heterocycles. The van der Waals surface area contributed by atoms with Crippen molar-refractivity contribution in [2.75, 3.05) is 31.1 Å². The van der Waals surface area contributed by atoms with Crippen LogP contribution in [-0.4, -0.2) is 53.1 Å². The molecule has 0 radical (unpaired) electrons. The van der Waals surface area contributed by atoms with E-state index in [0.717, 1.165) is 45.0 Å². The first-order valence-corrected chi connectivity index (χ1v) is 6.90. The zero-order chi connectivity index (χ0) is 13.1. The highest BCUT2D eigenvalue weighted by atomic mass is 16.2. The fraction of sp³-hybridized carbons (Fsp3) is 0.615. The van der Waals surface area contributed by atoms with E-state index >= 15 is 0 Å². The van der Waals surface area contributed by atoms with Crippen molar-refractivity contribution in [2.24, 2.45) is 0 Å². The van der Waals surface area contributed by atoms with E-state index in [0.29, 0.717) is 6.04 Å². The molecule has 0 bridgehead atoms. The molecule has 19 heavy (non-hydrogen) atoms. The van der Waals surface area contributed by atoms with Gasteiger partial charge >= 0.3 is 6.03 Å². The van der Waals surface area contributed by atoms with Crippen LogP contribution in [0.5, 0.6) is 0 Å². The molecule has 2 heterocycles. The molecule has 3 rings (SSSR count). The molecule has 0 unspecified atom stereocenters. The second-order valence-corrected chi connectivity index (χ2v) is 5.10. The molecule has 6 heteroatoms. The number of carbonyl (C=O) groups is 1. The lowest BCUT2D eigenvalue weighted by atomic mass is 9.93. The lowest BCUT2D eigenvalue weighted by molar-refractivity contribution is 0.183. The van der Waals surface area contributed by atoms with Crippen LogP contribution < -0.4 is 10.2 Å². The lowest BCUT2D eigenvalue weighted by Gasteiger charge is -2.36. The van der Waals surface area contributed by atoms with E-state index in [9.17, 15) is 4.79 Å². The maximum Gasteiger partial charge on any atom is 0.317 e. The number of urea groups is 1. The topological polar surface area (TPSA) is 61.4 Å². The molecule has 1 aromatic rings. The summed E-state index contributed by atoms with van der Waals surface area (Å²) in [6, 6.07) is 2.30. The van der Waals surface area contributed by atoms with Gasteiger partial charge in [0.2, 0.25) is 5.95 Å². The highest BCUT2D eigenvalue weighted by Crippen LogP contribution is 2.18. The van der Waals surface area contributed by atoms with Gasteiger partial charge in [-0.25, -0.2) is 14.8 Å². The summed E-state index contributed by atoms with van der Waals surface area (Å²) in [5.41, 5.74) is 0. The number of hydrogen-bond acceptors (Lipinski definition) is 4. The van der Waals surface area contributed by atoms with Gasteiger partial charge in [0.15, 0.2) is 0 Å². The summed E-state index contributed by atoms with van der Waals surface area (Å²) in [6.45, 7) is 3.05. The molecule has 0 aromatic carbocycles. The van der Waals surface area contributed by atoms with Crippen LogP contribution in [0.3, 0.4) is 0 Å². The van der Waals surface area contributed by atoms with Crippen molar-refractivity contribution in [1.29, 1.82) is 0 Å². The van der Waals surface area contributed by atoms with Gasteiger partial charge in [-0.05, 0) is 25.3 Å². The van der Waals surface area contributed by atoms with Crippen LogP contribution in [-0.2, 0) is 0 Å². The molecule has 2 aliphatic rings. The van der Waals surface area contributed by atoms with Crippen molar-refractivity contribution in [3.63, 3.8) is 0 Å². The Morgan fingerprint density at radius 1 is 1.16 bits per heavy atom. The fourth-order valence-electron chi connectivity index (χ4n) is 2.38. The summed E-state index contributed by atoms with van der Waals surface area (Å²) in [5.74, 6) is 0.751. The maximum absolute atomic E-state index is 12.0. The quantitative estimate of drug-likeness (QED) is 0.857. The third-order valence-corrected chi connectivity index (χ3v) is 3.83. The molecular weight excluding hydrogens is 242 g/mol. The standard InChI is InChI=1S/C13H19N5O/c19-13(16-11-3-1-4-11)18-9-7-17(8-10-18)12-14-5-2-6-15-12/h2,5-6,11H,1,3-4,7-10H2,(H,16,19). The largest absolute Gasteiger partial charge is 0.337 e. The van der Waals surface area contributed by atoms with E-state index in [1.807, 2.05) is 11.0 Å². The number of hydrogen-bond donors (Lipinski definition) is 1. The molecule has 2 amide bonds. The Bertz CT molecular complexity index is 426. The first-order chi connectivity index (χ1) is 9.33. The molecule has 1 aromatic heterocycles. The average molecular weight is 261 g/mol.